The van der Waals surface area contributed by atoms with Gasteiger partial charge in [-0.3, -0.25) is 4.79 Å². The standard InChI is InChI=1S/C27H30FN5OS/c1-18(9-10-19-7-5-4-6-8-19)24-14-12-22-25(35(30-2)32-24)17-33(3)26(22)27(34)31-21-11-13-23(28)20(15-21)16-29/h4-8,11,13,15,17-18,24H,9-10,12,14H2,1-3H3,(H,30,32)(H,31,34). The Kier molecular flexibility index (Phi) is 7.79. The van der Waals surface area contributed by atoms with Gasteiger partial charge in [-0.1, -0.05) is 37.3 Å². The van der Waals surface area contributed by atoms with E-state index < -0.39 is 16.7 Å². The molecule has 1 aliphatic heterocycles. The lowest BCUT2D eigenvalue weighted by Gasteiger charge is -2.24. The number of rotatable bonds is 6. The second-order valence-electron chi connectivity index (χ2n) is 8.92. The third kappa shape index (κ3) is 5.53. The maximum atomic E-state index is 13.7. The number of nitrogens with zero attached hydrogens (tertiary/aromatic N) is 3. The Balaban J connectivity index is 1.53. The van der Waals surface area contributed by atoms with E-state index in [2.05, 4.69) is 45.6 Å². The molecule has 0 spiro atoms. The highest BCUT2D eigenvalue weighted by Crippen LogP contribution is 2.30. The quantitative estimate of drug-likeness (QED) is 0.499. The van der Waals surface area contributed by atoms with Crippen molar-refractivity contribution in [1.82, 2.24) is 9.29 Å². The van der Waals surface area contributed by atoms with Crippen molar-refractivity contribution >= 4 is 22.5 Å². The molecule has 3 atom stereocenters. The van der Waals surface area contributed by atoms with Crippen molar-refractivity contribution < 1.29 is 9.18 Å². The number of fused-ring (bicyclic) bond motifs is 1. The van der Waals surface area contributed by atoms with E-state index in [4.69, 9.17) is 5.26 Å². The number of hydrogen-bond donors (Lipinski definition) is 2. The molecule has 0 aliphatic carbocycles. The van der Waals surface area contributed by atoms with Crippen LogP contribution in [0.3, 0.4) is 0 Å². The van der Waals surface area contributed by atoms with E-state index in [0.29, 0.717) is 17.3 Å². The van der Waals surface area contributed by atoms with Crippen LogP contribution in [0.5, 0.6) is 0 Å². The van der Waals surface area contributed by atoms with E-state index in [1.807, 2.05) is 37.0 Å². The normalized spacial score (nSPS) is 18.4. The highest BCUT2D eigenvalue weighted by molar-refractivity contribution is 7.85. The van der Waals surface area contributed by atoms with Crippen molar-refractivity contribution in [1.29, 1.82) is 5.26 Å². The number of nitriles is 1. The second kappa shape index (κ2) is 11.0. The number of benzene rings is 2. The van der Waals surface area contributed by atoms with Crippen molar-refractivity contribution in [2.45, 2.75) is 43.5 Å². The van der Waals surface area contributed by atoms with Gasteiger partial charge in [-0.25, -0.2) is 13.5 Å². The van der Waals surface area contributed by atoms with Gasteiger partial charge in [0, 0.05) is 42.9 Å². The Morgan fingerprint density at radius 2 is 2.11 bits per heavy atom. The van der Waals surface area contributed by atoms with Gasteiger partial charge in [0.15, 0.2) is 0 Å². The molecule has 0 fully saturated rings. The zero-order valence-corrected chi connectivity index (χ0v) is 21.0. The van der Waals surface area contributed by atoms with Crippen LogP contribution in [-0.2, 0) is 30.8 Å². The first kappa shape index (κ1) is 24.8. The summed E-state index contributed by atoms with van der Waals surface area (Å²) in [4.78, 5) is 14.3. The van der Waals surface area contributed by atoms with Crippen molar-refractivity contribution in [3.8, 4) is 6.07 Å². The summed E-state index contributed by atoms with van der Waals surface area (Å²) in [5.41, 5.74) is 3.20. The van der Waals surface area contributed by atoms with Crippen LogP contribution in [0, 0.1) is 23.1 Å². The molecule has 2 N–H and O–H groups in total. The minimum atomic E-state index is -0.606. The predicted octanol–water partition coefficient (Wildman–Crippen LogP) is 5.17. The summed E-state index contributed by atoms with van der Waals surface area (Å²) in [6, 6.07) is 16.6. The molecule has 8 heteroatoms. The number of nitrogens with one attached hydrogen (secondary N) is 2. The Hall–Kier alpha value is -3.28. The smallest absolute Gasteiger partial charge is 0.272 e. The Labute approximate surface area is 208 Å². The van der Waals surface area contributed by atoms with Gasteiger partial charge >= 0.3 is 0 Å². The van der Waals surface area contributed by atoms with Crippen molar-refractivity contribution in [3.63, 3.8) is 0 Å². The molecule has 182 valence electrons. The van der Waals surface area contributed by atoms with Gasteiger partial charge in [0.05, 0.1) is 10.5 Å². The van der Waals surface area contributed by atoms with Crippen LogP contribution in [0.1, 0.15) is 46.9 Å². The fourth-order valence-electron chi connectivity index (χ4n) is 4.59. The van der Waals surface area contributed by atoms with Crippen LogP contribution in [-0.4, -0.2) is 23.6 Å². The largest absolute Gasteiger partial charge is 0.345 e. The molecule has 1 amide bonds. The molecule has 2 aromatic carbocycles. The molecule has 3 aromatic rings. The molecule has 0 saturated carbocycles. The van der Waals surface area contributed by atoms with Gasteiger partial charge in [-0.2, -0.15) is 5.26 Å². The Morgan fingerprint density at radius 3 is 2.83 bits per heavy atom. The summed E-state index contributed by atoms with van der Waals surface area (Å²) in [5.74, 6) is -0.435. The number of anilines is 1. The molecule has 6 nitrogen and oxygen atoms in total. The highest BCUT2D eigenvalue weighted by atomic mass is 32.2. The van der Waals surface area contributed by atoms with Gasteiger partial charge in [-0.15, -0.1) is 0 Å². The fourth-order valence-corrected chi connectivity index (χ4v) is 6.35. The van der Waals surface area contributed by atoms with Crippen molar-refractivity contribution in [3.05, 3.63) is 82.9 Å². The molecule has 0 bridgehead atoms. The number of hydrogen-bond acceptors (Lipinski definition) is 3. The summed E-state index contributed by atoms with van der Waals surface area (Å²) >= 11 is 0. The fraction of sp³-hybridized carbons (Fsp3) is 0.333. The molecular formula is C27H30FN5OS. The van der Waals surface area contributed by atoms with Crippen LogP contribution in [0.15, 0.2) is 64.0 Å². The number of aryl methyl sites for hydroxylation is 2. The second-order valence-corrected chi connectivity index (χ2v) is 10.5. The SMILES string of the molecule is CN=S1NC(C(C)CCc2ccccc2)CCc2c1cn(C)c2C(=O)Nc1ccc(F)c(C#N)c1. The number of amides is 1. The van der Waals surface area contributed by atoms with Gasteiger partial charge in [-0.05, 0) is 60.9 Å². The van der Waals surface area contributed by atoms with E-state index >= 15 is 0 Å². The molecule has 0 radical (unpaired) electrons. The maximum absolute atomic E-state index is 13.7. The maximum Gasteiger partial charge on any atom is 0.272 e. The molecule has 35 heavy (non-hydrogen) atoms. The molecule has 0 saturated heterocycles. The lowest BCUT2D eigenvalue weighted by atomic mass is 9.91. The molecule has 2 heterocycles. The zero-order valence-electron chi connectivity index (χ0n) is 20.2. The first-order chi connectivity index (χ1) is 16.9. The topological polar surface area (TPSA) is 82.2 Å². The van der Waals surface area contributed by atoms with E-state index in [1.165, 1.54) is 23.8 Å². The van der Waals surface area contributed by atoms with Crippen LogP contribution in [0.4, 0.5) is 10.1 Å². The third-order valence-electron chi connectivity index (χ3n) is 6.58. The molecular weight excluding hydrogens is 461 g/mol. The van der Waals surface area contributed by atoms with E-state index in [9.17, 15) is 9.18 Å². The average molecular weight is 492 g/mol. The monoisotopic (exact) mass is 491 g/mol. The van der Waals surface area contributed by atoms with Crippen molar-refractivity contribution in [2.24, 2.45) is 17.3 Å². The van der Waals surface area contributed by atoms with E-state index in [-0.39, 0.29) is 17.5 Å². The molecule has 1 aliphatic rings. The minimum Gasteiger partial charge on any atom is -0.345 e. The summed E-state index contributed by atoms with van der Waals surface area (Å²) in [6.07, 6.45) is 5.75. The van der Waals surface area contributed by atoms with Crippen LogP contribution < -0.4 is 10.0 Å². The highest BCUT2D eigenvalue weighted by Gasteiger charge is 2.29. The number of halogens is 1. The van der Waals surface area contributed by atoms with Gasteiger partial charge in [0.25, 0.3) is 5.91 Å². The van der Waals surface area contributed by atoms with E-state index in [0.717, 1.165) is 36.1 Å². The lowest BCUT2D eigenvalue weighted by Crippen LogP contribution is -2.35. The minimum absolute atomic E-state index is 0.101. The average Bonchev–Trinajstić information content (AvgIpc) is 3.09. The number of aromatic nitrogens is 1. The van der Waals surface area contributed by atoms with Crippen LogP contribution in [0.2, 0.25) is 0 Å². The summed E-state index contributed by atoms with van der Waals surface area (Å²) in [5, 5.41) is 11.9. The summed E-state index contributed by atoms with van der Waals surface area (Å²) in [6.45, 7) is 2.28. The zero-order chi connectivity index (χ0) is 24.9. The summed E-state index contributed by atoms with van der Waals surface area (Å²) < 4.78 is 23.9. The van der Waals surface area contributed by atoms with Crippen LogP contribution >= 0.6 is 0 Å². The molecule has 3 unspecified atom stereocenters. The summed E-state index contributed by atoms with van der Waals surface area (Å²) in [7, 11) is 3.14. The third-order valence-corrected chi connectivity index (χ3v) is 8.24. The molecule has 1 aromatic heterocycles. The number of carbonyl (C=O) groups excluding carboxylic acids is 1. The Morgan fingerprint density at radius 1 is 1.34 bits per heavy atom. The lowest BCUT2D eigenvalue weighted by molar-refractivity contribution is 0.101. The van der Waals surface area contributed by atoms with Gasteiger partial charge in [0.1, 0.15) is 17.6 Å². The first-order valence-corrected chi connectivity index (χ1v) is 12.9. The Bertz CT molecular complexity index is 1290. The van der Waals surface area contributed by atoms with Gasteiger partial charge in [0.2, 0.25) is 0 Å². The number of carbonyl (C=O) groups is 1. The first-order valence-electron chi connectivity index (χ1n) is 11.7. The molecule has 4 rings (SSSR count). The van der Waals surface area contributed by atoms with Crippen LogP contribution in [0.25, 0.3) is 0 Å². The predicted molar refractivity (Wildman–Crippen MR) is 138 cm³/mol. The van der Waals surface area contributed by atoms with Crippen molar-refractivity contribution in [2.75, 3.05) is 12.4 Å². The van der Waals surface area contributed by atoms with E-state index in [1.54, 1.807) is 0 Å². The van der Waals surface area contributed by atoms with Gasteiger partial charge < -0.3 is 9.88 Å².